The summed E-state index contributed by atoms with van der Waals surface area (Å²) in [5.74, 6) is 0. The van der Waals surface area contributed by atoms with E-state index in [0.29, 0.717) is 37.2 Å². The number of nitrogens with zero attached hydrogens (tertiary/aromatic N) is 2. The van der Waals surface area contributed by atoms with Gasteiger partial charge in [0.2, 0.25) is 0 Å². The van der Waals surface area contributed by atoms with Crippen molar-refractivity contribution >= 4 is 5.71 Å². The smallest absolute Gasteiger partial charge is 0.119 e. The lowest BCUT2D eigenvalue weighted by atomic mass is 10.1. The van der Waals surface area contributed by atoms with E-state index < -0.39 is 11.5 Å². The third-order valence-electron chi connectivity index (χ3n) is 3.56. The lowest BCUT2D eigenvalue weighted by Crippen LogP contribution is -2.29. The minimum atomic E-state index is -1.08. The molecule has 1 atom stereocenters. The predicted octanol–water partition coefficient (Wildman–Crippen LogP) is 4.71. The van der Waals surface area contributed by atoms with Gasteiger partial charge in [-0.2, -0.15) is 0 Å². The van der Waals surface area contributed by atoms with Gasteiger partial charge in [-0.25, -0.2) is 4.39 Å². The largest absolute Gasteiger partial charge is 0.290 e. The summed E-state index contributed by atoms with van der Waals surface area (Å²) in [6.07, 6.45) is 6.18. The van der Waals surface area contributed by atoms with E-state index in [4.69, 9.17) is 0 Å². The zero-order valence-corrected chi connectivity index (χ0v) is 16.2. The molecule has 2 N–H and O–H groups in total. The molecule has 0 aromatic carbocycles. The SMILES string of the molecule is C=C(C/C=C\C(=C/CC(/C=C(\CC)C(C)F)=NCC)N(F)F)CNNC. The van der Waals surface area contributed by atoms with E-state index in [1.54, 1.807) is 19.2 Å². The number of nitrogens with one attached hydrogen (secondary N) is 2. The number of hydrogen-bond donors (Lipinski definition) is 2. The van der Waals surface area contributed by atoms with Gasteiger partial charge in [0.05, 0.1) is 0 Å². The Morgan fingerprint density at radius 3 is 2.46 bits per heavy atom. The zero-order chi connectivity index (χ0) is 19.9. The molecule has 1 unspecified atom stereocenters. The molecule has 0 fully saturated rings. The highest BCUT2D eigenvalue weighted by molar-refractivity contribution is 5.96. The van der Waals surface area contributed by atoms with Crippen molar-refractivity contribution in [2.45, 2.75) is 46.2 Å². The van der Waals surface area contributed by atoms with Gasteiger partial charge in [-0.05, 0) is 62.9 Å². The van der Waals surface area contributed by atoms with Crippen LogP contribution in [0.2, 0.25) is 0 Å². The molecule has 0 aliphatic rings. The van der Waals surface area contributed by atoms with Crippen molar-refractivity contribution in [3.05, 3.63) is 47.7 Å². The quantitative estimate of drug-likeness (QED) is 0.162. The van der Waals surface area contributed by atoms with Crippen molar-refractivity contribution in [2.75, 3.05) is 20.1 Å². The molecule has 0 saturated heterocycles. The highest BCUT2D eigenvalue weighted by atomic mass is 19.4. The first-order valence-corrected chi connectivity index (χ1v) is 8.78. The fourth-order valence-corrected chi connectivity index (χ4v) is 2.12. The van der Waals surface area contributed by atoms with Gasteiger partial charge in [-0.1, -0.05) is 34.1 Å². The molecule has 0 aromatic rings. The Kier molecular flexibility index (Phi) is 13.3. The van der Waals surface area contributed by atoms with Gasteiger partial charge in [0.25, 0.3) is 0 Å². The van der Waals surface area contributed by atoms with E-state index in [1.165, 1.54) is 19.1 Å². The molecule has 0 rings (SSSR count). The Hall–Kier alpha value is -1.86. The molecule has 0 heterocycles. The molecular weight excluding hydrogens is 341 g/mol. The maximum Gasteiger partial charge on any atom is 0.119 e. The van der Waals surface area contributed by atoms with E-state index >= 15 is 0 Å². The number of allylic oxidation sites excluding steroid dienone is 5. The molecule has 4 nitrogen and oxygen atoms in total. The number of hydrogen-bond acceptors (Lipinski definition) is 4. The van der Waals surface area contributed by atoms with Crippen LogP contribution in [0.5, 0.6) is 0 Å². The minimum absolute atomic E-state index is 0.205. The normalized spacial score (nSPS) is 14.8. The number of alkyl halides is 1. The summed E-state index contributed by atoms with van der Waals surface area (Å²) in [7, 11) is 1.74. The average Bonchev–Trinajstić information content (AvgIpc) is 2.59. The Labute approximate surface area is 155 Å². The van der Waals surface area contributed by atoms with Crippen molar-refractivity contribution in [3.63, 3.8) is 0 Å². The summed E-state index contributed by atoms with van der Waals surface area (Å²) in [4.78, 5) is 4.28. The van der Waals surface area contributed by atoms with Crippen LogP contribution in [-0.4, -0.2) is 37.4 Å². The Bertz CT molecular complexity index is 535. The topological polar surface area (TPSA) is 39.7 Å². The lowest BCUT2D eigenvalue weighted by molar-refractivity contribution is -0.112. The second-order valence-corrected chi connectivity index (χ2v) is 5.68. The Morgan fingerprint density at radius 1 is 1.27 bits per heavy atom. The van der Waals surface area contributed by atoms with Crippen molar-refractivity contribution < 1.29 is 13.4 Å². The van der Waals surface area contributed by atoms with Crippen LogP contribution < -0.4 is 10.9 Å². The average molecular weight is 372 g/mol. The molecule has 0 aliphatic carbocycles. The molecule has 0 aromatic heterocycles. The van der Waals surface area contributed by atoms with Gasteiger partial charge in [-0.3, -0.25) is 15.8 Å². The highest BCUT2D eigenvalue weighted by Gasteiger charge is 2.08. The van der Waals surface area contributed by atoms with Crippen LogP contribution in [0.3, 0.4) is 0 Å². The van der Waals surface area contributed by atoms with Crippen LogP contribution in [0, 0.1) is 0 Å². The first kappa shape index (κ1) is 24.1. The standard InChI is InChI=1S/C19H31F3N4/c1-6-17(16(4)20)13-18(24-7-2)11-12-19(26(21)22)10-8-9-15(3)14-25-23-5/h8,10,12-13,16,23,25H,3,6-7,9,11,14H2,1-2,4-5H3/b10-8-,17-13+,19-12+,24-18?. The van der Waals surface area contributed by atoms with Crippen molar-refractivity contribution in [1.29, 1.82) is 0 Å². The molecule has 7 heteroatoms. The zero-order valence-electron chi connectivity index (χ0n) is 16.2. The van der Waals surface area contributed by atoms with E-state index in [-0.39, 0.29) is 12.1 Å². The molecular formula is C19H31F3N4. The summed E-state index contributed by atoms with van der Waals surface area (Å²) in [6, 6.07) is 0. The summed E-state index contributed by atoms with van der Waals surface area (Å²) in [5.41, 5.74) is 7.48. The first-order valence-electron chi connectivity index (χ1n) is 8.78. The molecule has 0 radical (unpaired) electrons. The molecule has 26 heavy (non-hydrogen) atoms. The van der Waals surface area contributed by atoms with Crippen LogP contribution in [-0.2, 0) is 0 Å². The molecule has 0 bridgehead atoms. The Balaban J connectivity index is 5.09. The molecule has 0 saturated carbocycles. The van der Waals surface area contributed by atoms with Gasteiger partial charge >= 0.3 is 0 Å². The number of halogens is 3. The van der Waals surface area contributed by atoms with Gasteiger partial charge in [0.15, 0.2) is 0 Å². The van der Waals surface area contributed by atoms with Crippen molar-refractivity contribution in [2.24, 2.45) is 4.99 Å². The third-order valence-corrected chi connectivity index (χ3v) is 3.56. The number of rotatable bonds is 13. The van der Waals surface area contributed by atoms with Crippen LogP contribution in [0.4, 0.5) is 13.4 Å². The molecule has 0 aliphatic heterocycles. The maximum absolute atomic E-state index is 13.5. The monoisotopic (exact) mass is 372 g/mol. The molecule has 0 spiro atoms. The summed E-state index contributed by atoms with van der Waals surface area (Å²) < 4.78 is 39.7. The second-order valence-electron chi connectivity index (χ2n) is 5.68. The molecule has 0 amide bonds. The minimum Gasteiger partial charge on any atom is -0.290 e. The van der Waals surface area contributed by atoms with Crippen LogP contribution >= 0.6 is 0 Å². The summed E-state index contributed by atoms with van der Waals surface area (Å²) in [6.45, 7) is 10.1. The van der Waals surface area contributed by atoms with E-state index in [0.717, 1.165) is 5.57 Å². The predicted molar refractivity (Wildman–Crippen MR) is 104 cm³/mol. The maximum atomic E-state index is 13.5. The molecule has 148 valence electrons. The van der Waals surface area contributed by atoms with Gasteiger partial charge in [0.1, 0.15) is 11.9 Å². The second kappa shape index (κ2) is 14.3. The highest BCUT2D eigenvalue weighted by Crippen LogP contribution is 2.14. The third kappa shape index (κ3) is 10.9. The lowest BCUT2D eigenvalue weighted by Gasteiger charge is -2.08. The van der Waals surface area contributed by atoms with E-state index in [1.807, 2.05) is 13.8 Å². The van der Waals surface area contributed by atoms with Crippen LogP contribution in [0.25, 0.3) is 0 Å². The fraction of sp³-hybridized carbons (Fsp3) is 0.526. The Morgan fingerprint density at radius 2 is 1.96 bits per heavy atom. The first-order chi connectivity index (χ1) is 12.3. The fourth-order valence-electron chi connectivity index (χ4n) is 2.12. The van der Waals surface area contributed by atoms with Crippen molar-refractivity contribution in [1.82, 2.24) is 16.2 Å². The number of aliphatic imine (C=N–C) groups is 1. The van der Waals surface area contributed by atoms with E-state index in [2.05, 4.69) is 22.4 Å². The van der Waals surface area contributed by atoms with E-state index in [9.17, 15) is 13.4 Å². The van der Waals surface area contributed by atoms with Gasteiger partial charge in [-0.15, -0.1) is 0 Å². The van der Waals surface area contributed by atoms with Crippen molar-refractivity contribution in [3.8, 4) is 0 Å². The van der Waals surface area contributed by atoms with Crippen LogP contribution in [0.15, 0.2) is 52.7 Å². The number of hydrazine groups is 1. The van der Waals surface area contributed by atoms with Gasteiger partial charge in [0, 0.05) is 25.2 Å². The van der Waals surface area contributed by atoms with Gasteiger partial charge < -0.3 is 0 Å². The summed E-state index contributed by atoms with van der Waals surface area (Å²) in [5, 5.41) is -0.934. The van der Waals surface area contributed by atoms with Crippen LogP contribution in [0.1, 0.15) is 40.0 Å². The summed E-state index contributed by atoms with van der Waals surface area (Å²) >= 11 is 0.